The standard InChI is InChI=1S/C24H34N2/c1-3-10-21(11-4-1)15-16-24(22-12-5-2-6-13-22)26-19-9-14-23(26)20-25-17-7-8-18-25/h1,3-4,10-11,22-24H,2,5-9,12-14,17-20H2/t23-,24+/m0/s1. The number of nitrogens with zero attached hydrogens (tertiary/aromatic N) is 2. The number of rotatable bonds is 4. The molecule has 0 aromatic heterocycles. The summed E-state index contributed by atoms with van der Waals surface area (Å²) in [5.41, 5.74) is 1.17. The van der Waals surface area contributed by atoms with Gasteiger partial charge in [-0.15, -0.1) is 0 Å². The number of hydrogen-bond donors (Lipinski definition) is 0. The van der Waals surface area contributed by atoms with E-state index in [2.05, 4.69) is 52.0 Å². The first-order valence-corrected chi connectivity index (χ1v) is 10.9. The molecule has 3 aliphatic rings. The lowest BCUT2D eigenvalue weighted by Gasteiger charge is -2.38. The van der Waals surface area contributed by atoms with Gasteiger partial charge in [0.05, 0.1) is 6.04 Å². The minimum atomic E-state index is 0.464. The Kier molecular flexibility index (Phi) is 6.31. The second-order valence-corrected chi connectivity index (χ2v) is 8.52. The minimum absolute atomic E-state index is 0.464. The van der Waals surface area contributed by atoms with Crippen LogP contribution in [-0.4, -0.2) is 48.1 Å². The molecule has 4 rings (SSSR count). The Bertz CT molecular complexity index is 602. The highest BCUT2D eigenvalue weighted by Crippen LogP contribution is 2.33. The number of hydrogen-bond acceptors (Lipinski definition) is 2. The summed E-state index contributed by atoms with van der Waals surface area (Å²) in [7, 11) is 0. The van der Waals surface area contributed by atoms with Crippen LogP contribution in [0.1, 0.15) is 63.4 Å². The first-order chi connectivity index (χ1) is 12.9. The van der Waals surface area contributed by atoms with Gasteiger partial charge in [0.25, 0.3) is 0 Å². The molecule has 140 valence electrons. The molecule has 0 radical (unpaired) electrons. The van der Waals surface area contributed by atoms with Crippen molar-refractivity contribution in [3.63, 3.8) is 0 Å². The van der Waals surface area contributed by atoms with Crippen LogP contribution >= 0.6 is 0 Å². The summed E-state index contributed by atoms with van der Waals surface area (Å²) < 4.78 is 0. The summed E-state index contributed by atoms with van der Waals surface area (Å²) in [6, 6.07) is 11.8. The molecule has 0 amide bonds. The first kappa shape index (κ1) is 18.1. The smallest absolute Gasteiger partial charge is 0.0749 e. The van der Waals surface area contributed by atoms with Gasteiger partial charge in [-0.1, -0.05) is 49.3 Å². The van der Waals surface area contributed by atoms with Gasteiger partial charge in [-0.2, -0.15) is 0 Å². The molecule has 1 aromatic rings. The van der Waals surface area contributed by atoms with Gasteiger partial charge in [0.2, 0.25) is 0 Å². The van der Waals surface area contributed by atoms with Gasteiger partial charge in [0, 0.05) is 18.2 Å². The predicted octanol–water partition coefficient (Wildman–Crippen LogP) is 4.55. The van der Waals surface area contributed by atoms with Gasteiger partial charge in [0.1, 0.15) is 0 Å². The Hall–Kier alpha value is -1.30. The molecular formula is C24H34N2. The van der Waals surface area contributed by atoms with E-state index < -0.39 is 0 Å². The molecule has 0 N–H and O–H groups in total. The van der Waals surface area contributed by atoms with Crippen LogP contribution in [0.4, 0.5) is 0 Å². The Morgan fingerprint density at radius 3 is 2.38 bits per heavy atom. The molecule has 1 aromatic carbocycles. The molecule has 3 fully saturated rings. The third-order valence-electron chi connectivity index (χ3n) is 6.68. The lowest BCUT2D eigenvalue weighted by Crippen LogP contribution is -2.47. The Morgan fingerprint density at radius 1 is 0.846 bits per heavy atom. The monoisotopic (exact) mass is 350 g/mol. The van der Waals surface area contributed by atoms with E-state index >= 15 is 0 Å². The van der Waals surface area contributed by atoms with Crippen molar-refractivity contribution in [3.05, 3.63) is 35.9 Å². The van der Waals surface area contributed by atoms with Crippen LogP contribution in [0.3, 0.4) is 0 Å². The zero-order valence-corrected chi connectivity index (χ0v) is 16.2. The summed E-state index contributed by atoms with van der Waals surface area (Å²) >= 11 is 0. The molecule has 2 nitrogen and oxygen atoms in total. The fourth-order valence-electron chi connectivity index (χ4n) is 5.28. The van der Waals surface area contributed by atoms with Crippen molar-refractivity contribution in [1.82, 2.24) is 9.80 Å². The van der Waals surface area contributed by atoms with Crippen LogP contribution in [0.25, 0.3) is 0 Å². The van der Waals surface area contributed by atoms with Crippen LogP contribution in [0.15, 0.2) is 30.3 Å². The molecule has 1 aliphatic carbocycles. The normalized spacial score (nSPS) is 26.5. The van der Waals surface area contributed by atoms with E-state index in [1.54, 1.807) is 0 Å². The summed E-state index contributed by atoms with van der Waals surface area (Å²) in [5.74, 6) is 8.06. The van der Waals surface area contributed by atoms with E-state index in [1.165, 1.54) is 89.5 Å². The average molecular weight is 351 g/mol. The molecule has 2 aliphatic heterocycles. The molecule has 1 saturated carbocycles. The maximum Gasteiger partial charge on any atom is 0.0749 e. The quantitative estimate of drug-likeness (QED) is 0.735. The molecule has 26 heavy (non-hydrogen) atoms. The van der Waals surface area contributed by atoms with Crippen molar-refractivity contribution < 1.29 is 0 Å². The van der Waals surface area contributed by atoms with Gasteiger partial charge in [-0.05, 0) is 76.2 Å². The summed E-state index contributed by atoms with van der Waals surface area (Å²) in [6.07, 6.45) is 12.5. The molecule has 0 unspecified atom stereocenters. The first-order valence-electron chi connectivity index (χ1n) is 10.9. The van der Waals surface area contributed by atoms with E-state index in [0.29, 0.717) is 6.04 Å². The highest BCUT2D eigenvalue weighted by Gasteiger charge is 2.35. The second kappa shape index (κ2) is 9.07. The van der Waals surface area contributed by atoms with E-state index in [1.807, 2.05) is 0 Å². The third-order valence-corrected chi connectivity index (χ3v) is 6.68. The topological polar surface area (TPSA) is 6.48 Å². The molecular weight excluding hydrogens is 316 g/mol. The lowest BCUT2D eigenvalue weighted by molar-refractivity contribution is 0.119. The van der Waals surface area contributed by atoms with Crippen LogP contribution < -0.4 is 0 Å². The van der Waals surface area contributed by atoms with Crippen molar-refractivity contribution in [3.8, 4) is 11.8 Å². The van der Waals surface area contributed by atoms with Crippen LogP contribution in [0, 0.1) is 17.8 Å². The van der Waals surface area contributed by atoms with Crippen molar-refractivity contribution in [1.29, 1.82) is 0 Å². The van der Waals surface area contributed by atoms with Crippen LogP contribution in [0.2, 0.25) is 0 Å². The molecule has 2 atom stereocenters. The van der Waals surface area contributed by atoms with Crippen molar-refractivity contribution in [2.24, 2.45) is 5.92 Å². The van der Waals surface area contributed by atoms with Gasteiger partial charge >= 0.3 is 0 Å². The molecule has 2 heteroatoms. The molecule has 0 bridgehead atoms. The summed E-state index contributed by atoms with van der Waals surface area (Å²) in [6.45, 7) is 5.15. The van der Waals surface area contributed by atoms with Crippen molar-refractivity contribution in [2.75, 3.05) is 26.2 Å². The molecule has 0 spiro atoms. The van der Waals surface area contributed by atoms with E-state index in [0.717, 1.165) is 12.0 Å². The largest absolute Gasteiger partial charge is 0.302 e. The van der Waals surface area contributed by atoms with Gasteiger partial charge in [-0.25, -0.2) is 0 Å². The lowest BCUT2D eigenvalue weighted by atomic mass is 9.83. The Balaban J connectivity index is 1.52. The van der Waals surface area contributed by atoms with E-state index in [-0.39, 0.29) is 0 Å². The zero-order chi connectivity index (χ0) is 17.6. The average Bonchev–Trinajstić information content (AvgIpc) is 3.37. The van der Waals surface area contributed by atoms with Crippen molar-refractivity contribution >= 4 is 0 Å². The van der Waals surface area contributed by atoms with E-state index in [9.17, 15) is 0 Å². The number of likely N-dealkylation sites (tertiary alicyclic amines) is 2. The minimum Gasteiger partial charge on any atom is -0.302 e. The maximum absolute atomic E-state index is 3.76. The van der Waals surface area contributed by atoms with Gasteiger partial charge in [0.15, 0.2) is 0 Å². The van der Waals surface area contributed by atoms with Gasteiger partial charge in [-0.3, -0.25) is 4.90 Å². The highest BCUT2D eigenvalue weighted by molar-refractivity contribution is 5.35. The maximum atomic E-state index is 3.76. The van der Waals surface area contributed by atoms with E-state index in [4.69, 9.17) is 0 Å². The highest BCUT2D eigenvalue weighted by atomic mass is 15.3. The zero-order valence-electron chi connectivity index (χ0n) is 16.2. The third kappa shape index (κ3) is 4.51. The van der Waals surface area contributed by atoms with Gasteiger partial charge < -0.3 is 4.90 Å². The summed E-state index contributed by atoms with van der Waals surface area (Å²) in [5, 5.41) is 0. The van der Waals surface area contributed by atoms with Crippen molar-refractivity contribution in [2.45, 2.75) is 69.9 Å². The Morgan fingerprint density at radius 2 is 1.62 bits per heavy atom. The predicted molar refractivity (Wildman–Crippen MR) is 109 cm³/mol. The SMILES string of the molecule is C(#C[C@H](C1CCCCC1)N1CCC[C@H]1CN1CCCC1)c1ccccc1. The summed E-state index contributed by atoms with van der Waals surface area (Å²) in [4.78, 5) is 5.51. The van der Waals surface area contributed by atoms with Crippen LogP contribution in [0.5, 0.6) is 0 Å². The molecule has 2 saturated heterocycles. The molecule has 2 heterocycles. The fraction of sp³-hybridized carbons (Fsp3) is 0.667. The Labute approximate surface area is 160 Å². The second-order valence-electron chi connectivity index (χ2n) is 8.52. The fourth-order valence-corrected chi connectivity index (χ4v) is 5.28. The number of benzene rings is 1. The van der Waals surface area contributed by atoms with Crippen LogP contribution in [-0.2, 0) is 0 Å².